The highest BCUT2D eigenvalue weighted by Gasteiger charge is 2.27. The van der Waals surface area contributed by atoms with Crippen molar-refractivity contribution in [3.8, 4) is 5.75 Å². The molecule has 1 aliphatic carbocycles. The summed E-state index contributed by atoms with van der Waals surface area (Å²) >= 11 is 0. The molecule has 1 aromatic carbocycles. The molecule has 4 heteroatoms. The molecule has 3 rings (SSSR count). The first-order chi connectivity index (χ1) is 11.8. The van der Waals surface area contributed by atoms with Gasteiger partial charge in [-0.3, -0.25) is 9.69 Å². The fourth-order valence-electron chi connectivity index (χ4n) is 3.95. The maximum atomic E-state index is 12.7. The lowest BCUT2D eigenvalue weighted by atomic mass is 9.88. The zero-order valence-corrected chi connectivity index (χ0v) is 14.9. The van der Waals surface area contributed by atoms with Crippen LogP contribution in [0.5, 0.6) is 5.75 Å². The number of carbonyl (C=O) groups excluding carboxylic acids is 1. The van der Waals surface area contributed by atoms with E-state index in [1.807, 2.05) is 12.1 Å². The predicted octanol–water partition coefficient (Wildman–Crippen LogP) is 3.31. The maximum Gasteiger partial charge on any atom is 0.225 e. The minimum absolute atomic E-state index is 0.298. The van der Waals surface area contributed by atoms with E-state index in [0.717, 1.165) is 57.7 Å². The van der Waals surface area contributed by atoms with Gasteiger partial charge >= 0.3 is 0 Å². The Morgan fingerprint density at radius 1 is 1.00 bits per heavy atom. The Balaban J connectivity index is 1.51. The molecule has 0 radical (unpaired) electrons. The largest absolute Gasteiger partial charge is 0.497 e. The van der Waals surface area contributed by atoms with E-state index in [9.17, 15) is 4.79 Å². The van der Waals surface area contributed by atoms with Gasteiger partial charge in [-0.05, 0) is 37.0 Å². The topological polar surface area (TPSA) is 32.8 Å². The van der Waals surface area contributed by atoms with E-state index < -0.39 is 0 Å². The van der Waals surface area contributed by atoms with E-state index in [2.05, 4.69) is 21.9 Å². The van der Waals surface area contributed by atoms with Gasteiger partial charge in [-0.2, -0.15) is 0 Å². The number of hydrogen-bond donors (Lipinski definition) is 0. The van der Waals surface area contributed by atoms with Gasteiger partial charge in [0.15, 0.2) is 0 Å². The lowest BCUT2D eigenvalue weighted by molar-refractivity contribution is -0.136. The van der Waals surface area contributed by atoms with Gasteiger partial charge < -0.3 is 9.64 Å². The van der Waals surface area contributed by atoms with E-state index in [0.29, 0.717) is 11.8 Å². The SMILES string of the molecule is COc1ccc(CN2CCCN(C(=O)C3CCCCC3)CC2)cc1. The second kappa shape index (κ2) is 8.52. The Bertz CT molecular complexity index is 523. The van der Waals surface area contributed by atoms with Crippen LogP contribution >= 0.6 is 0 Å². The fourth-order valence-corrected chi connectivity index (χ4v) is 3.95. The molecule has 4 nitrogen and oxygen atoms in total. The van der Waals surface area contributed by atoms with Crippen LogP contribution in [-0.2, 0) is 11.3 Å². The Morgan fingerprint density at radius 2 is 1.75 bits per heavy atom. The van der Waals surface area contributed by atoms with Gasteiger partial charge in [-0.15, -0.1) is 0 Å². The van der Waals surface area contributed by atoms with Gasteiger partial charge in [0, 0.05) is 38.6 Å². The van der Waals surface area contributed by atoms with Crippen molar-refractivity contribution >= 4 is 5.91 Å². The third-order valence-corrected chi connectivity index (χ3v) is 5.42. The quantitative estimate of drug-likeness (QED) is 0.849. The molecule has 2 fully saturated rings. The third kappa shape index (κ3) is 4.50. The van der Waals surface area contributed by atoms with Crippen LogP contribution in [0, 0.1) is 5.92 Å². The molecule has 1 heterocycles. The average molecular weight is 330 g/mol. The Morgan fingerprint density at radius 3 is 2.46 bits per heavy atom. The average Bonchev–Trinajstić information content (AvgIpc) is 2.88. The van der Waals surface area contributed by atoms with Crippen LogP contribution in [0.4, 0.5) is 0 Å². The first-order valence-corrected chi connectivity index (χ1v) is 9.40. The summed E-state index contributed by atoms with van der Waals surface area (Å²) in [7, 11) is 1.70. The predicted molar refractivity (Wildman–Crippen MR) is 96.0 cm³/mol. The summed E-state index contributed by atoms with van der Waals surface area (Å²) in [5, 5.41) is 0. The van der Waals surface area contributed by atoms with Crippen LogP contribution in [0.1, 0.15) is 44.1 Å². The summed E-state index contributed by atoms with van der Waals surface area (Å²) < 4.78 is 5.22. The molecule has 1 amide bonds. The van der Waals surface area contributed by atoms with E-state index in [4.69, 9.17) is 4.74 Å². The number of ether oxygens (including phenoxy) is 1. The molecule has 1 saturated heterocycles. The minimum atomic E-state index is 0.298. The van der Waals surface area contributed by atoms with Crippen LogP contribution in [0.25, 0.3) is 0 Å². The van der Waals surface area contributed by atoms with Gasteiger partial charge in [0.05, 0.1) is 7.11 Å². The highest BCUT2D eigenvalue weighted by molar-refractivity contribution is 5.79. The van der Waals surface area contributed by atoms with Crippen LogP contribution in [0.15, 0.2) is 24.3 Å². The molecular formula is C20H30N2O2. The van der Waals surface area contributed by atoms with Crippen LogP contribution in [-0.4, -0.2) is 49.0 Å². The number of carbonyl (C=O) groups is 1. The van der Waals surface area contributed by atoms with E-state index in [1.54, 1.807) is 7.11 Å². The fraction of sp³-hybridized carbons (Fsp3) is 0.650. The number of nitrogens with zero attached hydrogens (tertiary/aromatic N) is 2. The van der Waals surface area contributed by atoms with Crippen LogP contribution in [0.3, 0.4) is 0 Å². The summed E-state index contributed by atoms with van der Waals surface area (Å²) in [5.41, 5.74) is 1.31. The number of benzene rings is 1. The summed E-state index contributed by atoms with van der Waals surface area (Å²) in [6, 6.07) is 8.31. The molecule has 1 aromatic rings. The van der Waals surface area contributed by atoms with Crippen molar-refractivity contribution in [2.24, 2.45) is 5.92 Å². The first kappa shape index (κ1) is 17.3. The highest BCUT2D eigenvalue weighted by atomic mass is 16.5. The third-order valence-electron chi connectivity index (χ3n) is 5.42. The molecule has 0 unspecified atom stereocenters. The lowest BCUT2D eigenvalue weighted by Gasteiger charge is -2.28. The zero-order chi connectivity index (χ0) is 16.8. The molecule has 1 aliphatic heterocycles. The van der Waals surface area contributed by atoms with Crippen LogP contribution < -0.4 is 4.74 Å². The number of rotatable bonds is 4. The monoisotopic (exact) mass is 330 g/mol. The van der Waals surface area contributed by atoms with Crippen molar-refractivity contribution in [3.05, 3.63) is 29.8 Å². The van der Waals surface area contributed by atoms with E-state index in [1.165, 1.54) is 24.8 Å². The second-order valence-corrected chi connectivity index (χ2v) is 7.14. The van der Waals surface area contributed by atoms with Crippen LogP contribution in [0.2, 0.25) is 0 Å². The van der Waals surface area contributed by atoms with Crippen molar-refractivity contribution in [2.45, 2.75) is 45.1 Å². The van der Waals surface area contributed by atoms with Gasteiger partial charge in [0.25, 0.3) is 0 Å². The molecule has 2 aliphatic rings. The lowest BCUT2D eigenvalue weighted by Crippen LogP contribution is -2.39. The van der Waals surface area contributed by atoms with Gasteiger partial charge in [0.1, 0.15) is 5.75 Å². The van der Waals surface area contributed by atoms with Crippen molar-refractivity contribution < 1.29 is 9.53 Å². The van der Waals surface area contributed by atoms with Crippen molar-refractivity contribution in [1.29, 1.82) is 0 Å². The molecule has 0 bridgehead atoms. The molecule has 0 atom stereocenters. The van der Waals surface area contributed by atoms with Crippen molar-refractivity contribution in [2.75, 3.05) is 33.3 Å². The molecule has 24 heavy (non-hydrogen) atoms. The van der Waals surface area contributed by atoms with Gasteiger partial charge in [-0.1, -0.05) is 31.4 Å². The number of methoxy groups -OCH3 is 1. The molecule has 0 N–H and O–H groups in total. The summed E-state index contributed by atoms with van der Waals surface area (Å²) in [6.45, 7) is 4.81. The Kier molecular flexibility index (Phi) is 6.13. The Hall–Kier alpha value is -1.55. The zero-order valence-electron chi connectivity index (χ0n) is 14.9. The Labute approximate surface area is 145 Å². The maximum absolute atomic E-state index is 12.7. The summed E-state index contributed by atoms with van der Waals surface area (Å²) in [5.74, 6) is 1.62. The number of amides is 1. The van der Waals surface area contributed by atoms with E-state index in [-0.39, 0.29) is 0 Å². The van der Waals surface area contributed by atoms with Crippen molar-refractivity contribution in [1.82, 2.24) is 9.80 Å². The van der Waals surface area contributed by atoms with Gasteiger partial charge in [0.2, 0.25) is 5.91 Å². The standard InChI is InChI=1S/C20H30N2O2/c1-24-19-10-8-17(9-11-19)16-21-12-5-13-22(15-14-21)20(23)18-6-3-2-4-7-18/h8-11,18H,2-7,12-16H2,1H3. The molecular weight excluding hydrogens is 300 g/mol. The normalized spacial score (nSPS) is 20.6. The molecule has 0 spiro atoms. The minimum Gasteiger partial charge on any atom is -0.497 e. The van der Waals surface area contributed by atoms with E-state index >= 15 is 0 Å². The molecule has 132 valence electrons. The molecule has 0 aromatic heterocycles. The smallest absolute Gasteiger partial charge is 0.225 e. The first-order valence-electron chi connectivity index (χ1n) is 9.40. The molecule has 1 saturated carbocycles. The van der Waals surface area contributed by atoms with Gasteiger partial charge in [-0.25, -0.2) is 0 Å². The summed E-state index contributed by atoms with van der Waals surface area (Å²) in [6.07, 6.45) is 7.05. The van der Waals surface area contributed by atoms with Crippen molar-refractivity contribution in [3.63, 3.8) is 0 Å². The second-order valence-electron chi connectivity index (χ2n) is 7.14. The highest BCUT2D eigenvalue weighted by Crippen LogP contribution is 2.26. The number of hydrogen-bond acceptors (Lipinski definition) is 3. The summed E-state index contributed by atoms with van der Waals surface area (Å²) in [4.78, 5) is 17.3.